The predicted octanol–water partition coefficient (Wildman–Crippen LogP) is 2.64. The van der Waals surface area contributed by atoms with E-state index in [-0.39, 0.29) is 28.6 Å². The van der Waals surface area contributed by atoms with Gasteiger partial charge in [-0.25, -0.2) is 13.6 Å². The Hall–Kier alpha value is -3.65. The first-order chi connectivity index (χ1) is 18.4. The number of hydrogen-bond acceptors (Lipinski definition) is 8. The Balaban J connectivity index is 1.37. The Labute approximate surface area is 235 Å². The van der Waals surface area contributed by atoms with Crippen molar-refractivity contribution >= 4 is 73.7 Å². The number of amides is 4. The molecule has 2 fully saturated rings. The van der Waals surface area contributed by atoms with Crippen molar-refractivity contribution in [1.29, 1.82) is 0 Å². The second kappa shape index (κ2) is 11.6. The quantitative estimate of drug-likeness (QED) is 0.274. The van der Waals surface area contributed by atoms with Crippen molar-refractivity contribution in [3.05, 3.63) is 76.7 Å². The number of anilines is 1. The molecule has 2 heterocycles. The molecule has 0 aliphatic carbocycles. The summed E-state index contributed by atoms with van der Waals surface area (Å²) in [4.78, 5) is 53.6. The third kappa shape index (κ3) is 6.68. The molecule has 13 heteroatoms. The molecule has 39 heavy (non-hydrogen) atoms. The van der Waals surface area contributed by atoms with Gasteiger partial charge >= 0.3 is 0 Å². The number of nitrogens with two attached hydrogens (primary N) is 1. The van der Waals surface area contributed by atoms with Crippen LogP contribution in [0, 0.1) is 0 Å². The van der Waals surface area contributed by atoms with Crippen LogP contribution < -0.4 is 10.5 Å². The zero-order chi connectivity index (χ0) is 28.3. The Bertz CT molecular complexity index is 1520. The lowest BCUT2D eigenvalue weighted by Gasteiger charge is -2.21. The number of hydrogen-bond donors (Lipinski definition) is 2. The number of allylic oxidation sites excluding steroid dienone is 2. The predicted molar refractivity (Wildman–Crippen MR) is 151 cm³/mol. The van der Waals surface area contributed by atoms with Gasteiger partial charge in [-0.05, 0) is 48.4 Å². The number of imide groups is 1. The number of nitrogens with one attached hydrogen (secondary N) is 1. The first kappa shape index (κ1) is 28.4. The zero-order valence-corrected chi connectivity index (χ0v) is 23.1. The molecule has 202 valence electrons. The molecule has 4 rings (SSSR count). The zero-order valence-electron chi connectivity index (χ0n) is 20.7. The summed E-state index contributed by atoms with van der Waals surface area (Å²) >= 11 is 6.44. The van der Waals surface area contributed by atoms with Gasteiger partial charge in [0.05, 0.1) is 16.2 Å². The minimum Gasteiger partial charge on any atom is -0.326 e. The highest BCUT2D eigenvalue weighted by Gasteiger charge is 2.48. The number of nitrogens with zero attached hydrogens (tertiary/aromatic N) is 2. The molecule has 3 N–H and O–H groups in total. The average molecular weight is 585 g/mol. The van der Waals surface area contributed by atoms with Crippen LogP contribution >= 0.6 is 24.0 Å². The van der Waals surface area contributed by atoms with E-state index < -0.39 is 39.7 Å². The van der Waals surface area contributed by atoms with Gasteiger partial charge in [-0.1, -0.05) is 60.4 Å². The van der Waals surface area contributed by atoms with Crippen LogP contribution in [0.15, 0.2) is 76.0 Å². The average Bonchev–Trinajstić information content (AvgIpc) is 3.30. The highest BCUT2D eigenvalue weighted by molar-refractivity contribution is 8.26. The van der Waals surface area contributed by atoms with Gasteiger partial charge in [-0.15, -0.1) is 0 Å². The van der Waals surface area contributed by atoms with Crippen LogP contribution in [0.25, 0.3) is 6.08 Å². The van der Waals surface area contributed by atoms with Crippen molar-refractivity contribution in [3.8, 4) is 0 Å². The van der Waals surface area contributed by atoms with E-state index >= 15 is 0 Å². The van der Waals surface area contributed by atoms with Crippen LogP contribution in [0.5, 0.6) is 0 Å². The number of carbonyl (C=O) groups excluding carboxylic acids is 4. The van der Waals surface area contributed by atoms with E-state index in [9.17, 15) is 27.6 Å². The number of likely N-dealkylation sites (tertiary alicyclic amines) is 1. The summed E-state index contributed by atoms with van der Waals surface area (Å²) in [6.45, 7) is 1.67. The van der Waals surface area contributed by atoms with E-state index in [1.54, 1.807) is 6.08 Å². The summed E-state index contributed by atoms with van der Waals surface area (Å²) < 4.78 is 22.9. The maximum absolute atomic E-state index is 13.1. The summed E-state index contributed by atoms with van der Waals surface area (Å²) in [6.07, 6.45) is 3.19. The van der Waals surface area contributed by atoms with Gasteiger partial charge in [0, 0.05) is 18.7 Å². The van der Waals surface area contributed by atoms with Crippen LogP contribution in [0.1, 0.15) is 25.3 Å². The molecule has 1 atom stereocenters. The molecule has 2 saturated heterocycles. The molecule has 0 bridgehead atoms. The minimum absolute atomic E-state index is 0.104. The van der Waals surface area contributed by atoms with Gasteiger partial charge < -0.3 is 5.32 Å². The van der Waals surface area contributed by atoms with Gasteiger partial charge in [0.2, 0.25) is 21.8 Å². The Morgan fingerprint density at radius 1 is 1.13 bits per heavy atom. The van der Waals surface area contributed by atoms with Gasteiger partial charge in [-0.2, -0.15) is 0 Å². The molecule has 0 saturated carbocycles. The molecule has 2 aliphatic heterocycles. The van der Waals surface area contributed by atoms with Crippen molar-refractivity contribution in [3.63, 3.8) is 0 Å². The standard InChI is InChI=1S/C26H24N4O6S3/c1-16(13-17-5-3-2-4-6-17)14-21-25(34)30(26(37)38-21)20-15-23(32)29(24(20)33)12-11-22(31)28-18-7-9-19(10-8-18)39(27,35)36/h2-10,13-14,20H,11-12,15H2,1H3,(H,28,31)(H2,27,35,36)/b16-13+,21-14-/t20-/m0/s1. The summed E-state index contributed by atoms with van der Waals surface area (Å²) in [5.74, 6) is -2.04. The largest absolute Gasteiger partial charge is 0.326 e. The maximum atomic E-state index is 13.1. The van der Waals surface area contributed by atoms with Crippen LogP contribution in [0.2, 0.25) is 0 Å². The maximum Gasteiger partial charge on any atom is 0.266 e. The van der Waals surface area contributed by atoms with E-state index in [2.05, 4.69) is 5.32 Å². The number of primary sulfonamides is 1. The van der Waals surface area contributed by atoms with E-state index in [1.165, 1.54) is 29.2 Å². The Kier molecular flexibility index (Phi) is 8.45. The number of sulfonamides is 1. The second-order valence-electron chi connectivity index (χ2n) is 8.82. The number of benzene rings is 2. The number of thioether (sulfide) groups is 1. The summed E-state index contributed by atoms with van der Waals surface area (Å²) in [7, 11) is -3.86. The lowest BCUT2D eigenvalue weighted by molar-refractivity contribution is -0.141. The highest BCUT2D eigenvalue weighted by atomic mass is 32.2. The SMILES string of the molecule is CC(/C=C1\SC(=S)N([C@H]2CC(=O)N(CCC(=O)Nc3ccc(S(N)(=O)=O)cc3)C2=O)C1=O)=C\c1ccccc1. The Morgan fingerprint density at radius 3 is 2.44 bits per heavy atom. The van der Waals surface area contributed by atoms with Gasteiger partial charge in [0.1, 0.15) is 10.4 Å². The highest BCUT2D eigenvalue weighted by Crippen LogP contribution is 2.36. The van der Waals surface area contributed by atoms with E-state index in [4.69, 9.17) is 17.4 Å². The van der Waals surface area contributed by atoms with E-state index in [1.807, 2.05) is 43.3 Å². The molecule has 2 aromatic rings. The van der Waals surface area contributed by atoms with Crippen molar-refractivity contribution < 1.29 is 27.6 Å². The molecule has 2 aliphatic rings. The van der Waals surface area contributed by atoms with Crippen molar-refractivity contribution in [2.45, 2.75) is 30.7 Å². The molecule has 0 aromatic heterocycles. The van der Waals surface area contributed by atoms with Gasteiger partial charge in [-0.3, -0.25) is 29.0 Å². The van der Waals surface area contributed by atoms with Crippen molar-refractivity contribution in [2.75, 3.05) is 11.9 Å². The normalized spacial score (nSPS) is 19.4. The molecule has 10 nitrogen and oxygen atoms in total. The third-order valence-corrected chi connectivity index (χ3v) is 8.20. The van der Waals surface area contributed by atoms with Crippen LogP contribution in [0.3, 0.4) is 0 Å². The molecular formula is C26H24N4O6S3. The second-order valence-corrected chi connectivity index (χ2v) is 12.1. The lowest BCUT2D eigenvalue weighted by Crippen LogP contribution is -2.44. The van der Waals surface area contributed by atoms with Crippen LogP contribution in [0.4, 0.5) is 5.69 Å². The Morgan fingerprint density at radius 2 is 1.79 bits per heavy atom. The first-order valence-corrected chi connectivity index (χ1v) is 14.5. The van der Waals surface area contributed by atoms with Crippen LogP contribution in [-0.2, 0) is 29.2 Å². The summed E-state index contributed by atoms with van der Waals surface area (Å²) in [5.41, 5.74) is 2.12. The van der Waals surface area contributed by atoms with Crippen molar-refractivity contribution in [2.24, 2.45) is 5.14 Å². The smallest absolute Gasteiger partial charge is 0.266 e. The molecule has 2 aromatic carbocycles. The number of thiocarbonyl (C=S) groups is 1. The summed E-state index contributed by atoms with van der Waals surface area (Å²) in [6, 6.07) is 13.8. The molecule has 0 radical (unpaired) electrons. The fraction of sp³-hybridized carbons (Fsp3) is 0.192. The molecule has 4 amide bonds. The molecule has 0 unspecified atom stereocenters. The van der Waals surface area contributed by atoms with E-state index in [0.29, 0.717) is 10.6 Å². The number of rotatable bonds is 8. The van der Waals surface area contributed by atoms with Gasteiger partial charge in [0.15, 0.2) is 0 Å². The minimum atomic E-state index is -3.86. The lowest BCUT2D eigenvalue weighted by atomic mass is 10.1. The van der Waals surface area contributed by atoms with Crippen LogP contribution in [-0.4, -0.2) is 58.8 Å². The fourth-order valence-electron chi connectivity index (χ4n) is 4.08. The first-order valence-electron chi connectivity index (χ1n) is 11.7. The van der Waals surface area contributed by atoms with Gasteiger partial charge in [0.25, 0.3) is 11.8 Å². The van der Waals surface area contributed by atoms with E-state index in [0.717, 1.165) is 27.8 Å². The topological polar surface area (TPSA) is 147 Å². The fourth-order valence-corrected chi connectivity index (χ4v) is 6.00. The number of carbonyl (C=O) groups is 4. The molecule has 0 spiro atoms. The van der Waals surface area contributed by atoms with Crippen molar-refractivity contribution in [1.82, 2.24) is 9.80 Å². The third-order valence-electron chi connectivity index (χ3n) is 5.94. The molecular weight excluding hydrogens is 561 g/mol. The monoisotopic (exact) mass is 584 g/mol. The summed E-state index contributed by atoms with van der Waals surface area (Å²) in [5, 5.41) is 7.63.